The normalized spacial score (nSPS) is 14.5. The van der Waals surface area contributed by atoms with Crippen molar-refractivity contribution in [1.82, 2.24) is 10.3 Å². The van der Waals surface area contributed by atoms with E-state index in [2.05, 4.69) is 10.3 Å². The van der Waals surface area contributed by atoms with Crippen LogP contribution in [0, 0.1) is 6.92 Å². The maximum atomic E-state index is 13.2. The minimum Gasteiger partial charge on any atom is -0.496 e. The Balaban J connectivity index is 1.41. The quantitative estimate of drug-likeness (QED) is 0.294. The molecule has 174 valence electrons. The Morgan fingerprint density at radius 1 is 1.03 bits per heavy atom. The van der Waals surface area contributed by atoms with Gasteiger partial charge in [0.25, 0.3) is 5.91 Å². The second-order valence-corrected chi connectivity index (χ2v) is 8.49. The number of aromatic nitrogens is 1. The topological polar surface area (TPSA) is 63.7 Å². The summed E-state index contributed by atoms with van der Waals surface area (Å²) in [6.45, 7) is 2.24. The number of para-hydroxylation sites is 2. The van der Waals surface area contributed by atoms with Crippen molar-refractivity contribution in [3.63, 3.8) is 0 Å². The summed E-state index contributed by atoms with van der Waals surface area (Å²) in [6, 6.07) is 23.1. The van der Waals surface area contributed by atoms with Gasteiger partial charge in [-0.1, -0.05) is 42.5 Å². The molecule has 0 aliphatic carbocycles. The second kappa shape index (κ2) is 9.56. The van der Waals surface area contributed by atoms with Gasteiger partial charge in [0.05, 0.1) is 12.8 Å². The highest BCUT2D eigenvalue weighted by molar-refractivity contribution is 7.80. The predicted octanol–water partition coefficient (Wildman–Crippen LogP) is 5.39. The van der Waals surface area contributed by atoms with Crippen molar-refractivity contribution in [2.45, 2.75) is 13.5 Å². The number of ether oxygens (including phenoxy) is 2. The maximum Gasteiger partial charge on any atom is 0.281 e. The van der Waals surface area contributed by atoms with E-state index in [0.29, 0.717) is 22.3 Å². The van der Waals surface area contributed by atoms with Crippen molar-refractivity contribution in [1.29, 1.82) is 0 Å². The van der Waals surface area contributed by atoms with Crippen LogP contribution in [0.2, 0.25) is 0 Å². The Labute approximate surface area is 208 Å². The number of anilines is 1. The maximum absolute atomic E-state index is 13.2. The molecular weight excluding hydrogens is 458 g/mol. The molecule has 0 atom stereocenters. The lowest BCUT2D eigenvalue weighted by Gasteiger charge is -2.16. The first-order valence-corrected chi connectivity index (χ1v) is 11.5. The van der Waals surface area contributed by atoms with Crippen LogP contribution >= 0.6 is 12.2 Å². The minimum absolute atomic E-state index is 0.195. The van der Waals surface area contributed by atoms with Gasteiger partial charge in [0.1, 0.15) is 29.3 Å². The second-order valence-electron chi connectivity index (χ2n) is 8.11. The molecule has 6 nitrogen and oxygen atoms in total. The van der Waals surface area contributed by atoms with Crippen molar-refractivity contribution < 1.29 is 14.3 Å². The third-order valence-electron chi connectivity index (χ3n) is 5.83. The van der Waals surface area contributed by atoms with Crippen molar-refractivity contribution in [3.05, 3.63) is 101 Å². The van der Waals surface area contributed by atoms with Gasteiger partial charge in [0, 0.05) is 17.1 Å². The first-order chi connectivity index (χ1) is 17.0. The summed E-state index contributed by atoms with van der Waals surface area (Å²) >= 11 is 5.46. The third-order valence-corrected chi connectivity index (χ3v) is 6.11. The summed E-state index contributed by atoms with van der Waals surface area (Å²) < 4.78 is 11.7. The van der Waals surface area contributed by atoms with E-state index in [-0.39, 0.29) is 12.5 Å². The Kier molecular flexibility index (Phi) is 6.16. The van der Waals surface area contributed by atoms with Crippen LogP contribution in [0.1, 0.15) is 16.7 Å². The van der Waals surface area contributed by atoms with E-state index in [9.17, 15) is 4.79 Å². The molecule has 3 aromatic carbocycles. The molecule has 35 heavy (non-hydrogen) atoms. The van der Waals surface area contributed by atoms with Crippen LogP contribution in [0.4, 0.5) is 5.69 Å². The number of carbonyl (C=O) groups excluding carboxylic acids is 1. The van der Waals surface area contributed by atoms with Crippen LogP contribution in [0.3, 0.4) is 0 Å². The van der Waals surface area contributed by atoms with E-state index >= 15 is 0 Å². The van der Waals surface area contributed by atoms with Crippen molar-refractivity contribution in [2.75, 3.05) is 12.0 Å². The lowest BCUT2D eigenvalue weighted by Crippen LogP contribution is -2.30. The largest absolute Gasteiger partial charge is 0.496 e. The van der Waals surface area contributed by atoms with E-state index in [0.717, 1.165) is 33.3 Å². The monoisotopic (exact) mass is 481 g/mol. The predicted molar refractivity (Wildman–Crippen MR) is 141 cm³/mol. The van der Waals surface area contributed by atoms with Gasteiger partial charge < -0.3 is 14.8 Å². The number of methoxy groups -OCH3 is 1. The number of thiocarbonyl (C=S) groups is 1. The van der Waals surface area contributed by atoms with E-state index < -0.39 is 0 Å². The fraction of sp³-hybridized carbons (Fsp3) is 0.107. The number of benzene rings is 3. The summed E-state index contributed by atoms with van der Waals surface area (Å²) in [4.78, 5) is 19.1. The lowest BCUT2D eigenvalue weighted by atomic mass is 10.1. The number of rotatable bonds is 6. The number of nitrogens with zero attached hydrogens (tertiary/aromatic N) is 2. The van der Waals surface area contributed by atoms with E-state index in [1.165, 1.54) is 4.90 Å². The molecule has 1 amide bonds. The molecule has 0 unspecified atom stereocenters. The average Bonchev–Trinajstić information content (AvgIpc) is 3.15. The lowest BCUT2D eigenvalue weighted by molar-refractivity contribution is -0.113. The number of nitrogens with one attached hydrogen (secondary N) is 1. The van der Waals surface area contributed by atoms with Gasteiger partial charge in [0.2, 0.25) is 0 Å². The number of carbonyl (C=O) groups is 1. The standard InChI is InChI=1S/C28H23N3O3S/c1-18-7-3-4-10-23(18)31-27(32)22(30-28(31)35)16-19-12-13-24(33-2)21(15-19)17-34-25-11-5-8-20-9-6-14-29-26(20)25/h3-16H,17H2,1-2H3,(H,30,35)/b22-16+. The Morgan fingerprint density at radius 2 is 1.86 bits per heavy atom. The zero-order valence-electron chi connectivity index (χ0n) is 19.3. The molecule has 2 heterocycles. The van der Waals surface area contributed by atoms with E-state index in [1.807, 2.05) is 79.7 Å². The molecule has 0 saturated carbocycles. The van der Waals surface area contributed by atoms with Crippen LogP contribution < -0.4 is 19.7 Å². The van der Waals surface area contributed by atoms with E-state index in [1.54, 1.807) is 19.4 Å². The summed E-state index contributed by atoms with van der Waals surface area (Å²) in [5.41, 5.74) is 4.62. The summed E-state index contributed by atoms with van der Waals surface area (Å²) in [7, 11) is 1.62. The molecule has 0 bridgehead atoms. The molecule has 1 fully saturated rings. The molecule has 1 N–H and O–H groups in total. The Bertz CT molecular complexity index is 1480. The van der Waals surface area contributed by atoms with Crippen LogP contribution in [0.15, 0.2) is 84.7 Å². The first kappa shape index (κ1) is 22.6. The molecule has 1 aliphatic heterocycles. The minimum atomic E-state index is -0.195. The first-order valence-electron chi connectivity index (χ1n) is 11.1. The molecule has 0 radical (unpaired) electrons. The summed E-state index contributed by atoms with van der Waals surface area (Å²) in [5, 5.41) is 4.42. The highest BCUT2D eigenvalue weighted by Crippen LogP contribution is 2.29. The van der Waals surface area contributed by atoms with Crippen molar-refractivity contribution >= 4 is 45.9 Å². The molecule has 1 aromatic heterocycles. The van der Waals surface area contributed by atoms with Gasteiger partial charge in [-0.05, 0) is 66.7 Å². The molecule has 5 rings (SSSR count). The average molecular weight is 482 g/mol. The SMILES string of the molecule is COc1ccc(/C=C2/NC(=S)N(c3ccccc3C)C2=O)cc1COc1cccc2cccnc12. The van der Waals surface area contributed by atoms with E-state index in [4.69, 9.17) is 21.7 Å². The molecular formula is C28H23N3O3S. The van der Waals surface area contributed by atoms with Crippen molar-refractivity contribution in [2.24, 2.45) is 0 Å². The number of hydrogen-bond donors (Lipinski definition) is 1. The highest BCUT2D eigenvalue weighted by atomic mass is 32.1. The Morgan fingerprint density at radius 3 is 2.69 bits per heavy atom. The van der Waals surface area contributed by atoms with Gasteiger partial charge in [0.15, 0.2) is 5.11 Å². The number of amides is 1. The fourth-order valence-corrected chi connectivity index (χ4v) is 4.38. The van der Waals surface area contributed by atoms with Gasteiger partial charge in [-0.3, -0.25) is 14.7 Å². The molecule has 0 spiro atoms. The van der Waals surface area contributed by atoms with Crippen LogP contribution in [0.25, 0.3) is 17.0 Å². The fourth-order valence-electron chi connectivity index (χ4n) is 4.08. The highest BCUT2D eigenvalue weighted by Gasteiger charge is 2.32. The molecule has 7 heteroatoms. The molecule has 1 saturated heterocycles. The number of fused-ring (bicyclic) bond motifs is 1. The Hall–Kier alpha value is -4.23. The van der Waals surface area contributed by atoms with Crippen LogP contribution in [-0.2, 0) is 11.4 Å². The van der Waals surface area contributed by atoms with Crippen LogP contribution in [0.5, 0.6) is 11.5 Å². The van der Waals surface area contributed by atoms with Gasteiger partial charge >= 0.3 is 0 Å². The molecule has 1 aliphatic rings. The smallest absolute Gasteiger partial charge is 0.281 e. The van der Waals surface area contributed by atoms with Gasteiger partial charge in [-0.25, -0.2) is 0 Å². The van der Waals surface area contributed by atoms with Gasteiger partial charge in [-0.15, -0.1) is 0 Å². The van der Waals surface area contributed by atoms with Crippen molar-refractivity contribution in [3.8, 4) is 11.5 Å². The number of aryl methyl sites for hydroxylation is 1. The van der Waals surface area contributed by atoms with Gasteiger partial charge in [-0.2, -0.15) is 0 Å². The number of hydrogen-bond acceptors (Lipinski definition) is 5. The summed E-state index contributed by atoms with van der Waals surface area (Å²) in [6.07, 6.45) is 3.54. The zero-order valence-corrected chi connectivity index (χ0v) is 20.1. The third kappa shape index (κ3) is 4.46. The molecule has 4 aromatic rings. The summed E-state index contributed by atoms with van der Waals surface area (Å²) in [5.74, 6) is 1.20. The zero-order chi connectivity index (χ0) is 24.4. The number of pyridine rings is 1. The van der Waals surface area contributed by atoms with Crippen LogP contribution in [-0.4, -0.2) is 23.1 Å².